The highest BCUT2D eigenvalue weighted by Gasteiger charge is 2.35. The van der Waals surface area contributed by atoms with Crippen molar-refractivity contribution in [1.82, 2.24) is 10.2 Å². The van der Waals surface area contributed by atoms with E-state index in [2.05, 4.69) is 29.6 Å². The fraction of sp³-hybridized carbons (Fsp3) is 0.211. The van der Waals surface area contributed by atoms with Crippen LogP contribution in [0, 0.1) is 0 Å². The standard InChI is InChI=1S/C19H18N2O2/c1-23-15-7-8-16-14(9-15)10-17-19(16)20-11-18(22)21(17)12-13-5-3-2-4-6-13/h2-10,19-20H,11-12H2,1H3. The summed E-state index contributed by atoms with van der Waals surface area (Å²) in [5.41, 5.74) is 4.47. The molecule has 2 aromatic carbocycles. The van der Waals surface area contributed by atoms with Crippen LogP contribution in [0.15, 0.2) is 54.2 Å². The fourth-order valence-corrected chi connectivity index (χ4v) is 3.29. The Morgan fingerprint density at radius 1 is 1.22 bits per heavy atom. The van der Waals surface area contributed by atoms with Gasteiger partial charge in [0.1, 0.15) is 5.75 Å². The first kappa shape index (κ1) is 14.0. The zero-order valence-corrected chi connectivity index (χ0v) is 13.0. The summed E-state index contributed by atoms with van der Waals surface area (Å²) in [7, 11) is 1.67. The van der Waals surface area contributed by atoms with Crippen LogP contribution in [-0.4, -0.2) is 24.5 Å². The number of fused-ring (bicyclic) bond motifs is 3. The summed E-state index contributed by atoms with van der Waals surface area (Å²) in [4.78, 5) is 14.3. The number of rotatable bonds is 3. The molecule has 1 unspecified atom stereocenters. The van der Waals surface area contributed by atoms with Gasteiger partial charge in [0.15, 0.2) is 0 Å². The summed E-state index contributed by atoms with van der Waals surface area (Å²) in [5, 5.41) is 3.34. The highest BCUT2D eigenvalue weighted by Crippen LogP contribution is 2.40. The maximum absolute atomic E-state index is 12.4. The van der Waals surface area contributed by atoms with Gasteiger partial charge in [-0.2, -0.15) is 0 Å². The van der Waals surface area contributed by atoms with Gasteiger partial charge in [-0.1, -0.05) is 36.4 Å². The summed E-state index contributed by atoms with van der Waals surface area (Å²) in [5.74, 6) is 0.941. The van der Waals surface area contributed by atoms with Gasteiger partial charge in [0.25, 0.3) is 0 Å². The van der Waals surface area contributed by atoms with Gasteiger partial charge in [0.2, 0.25) is 5.91 Å². The van der Waals surface area contributed by atoms with E-state index in [1.54, 1.807) is 7.11 Å². The van der Waals surface area contributed by atoms with Crippen molar-refractivity contribution in [2.45, 2.75) is 12.6 Å². The number of carbonyl (C=O) groups excluding carboxylic acids is 1. The number of benzene rings is 2. The van der Waals surface area contributed by atoms with Crippen molar-refractivity contribution in [2.75, 3.05) is 13.7 Å². The molecule has 1 fully saturated rings. The Hall–Kier alpha value is -2.59. The van der Waals surface area contributed by atoms with Gasteiger partial charge in [0.05, 0.1) is 26.2 Å². The molecule has 116 valence electrons. The van der Waals surface area contributed by atoms with Crippen LogP contribution in [0.1, 0.15) is 22.7 Å². The van der Waals surface area contributed by atoms with Crippen LogP contribution in [-0.2, 0) is 11.3 Å². The van der Waals surface area contributed by atoms with E-state index in [0.717, 1.165) is 22.6 Å². The lowest BCUT2D eigenvalue weighted by atomic mass is 10.0. The third kappa shape index (κ3) is 2.41. The summed E-state index contributed by atoms with van der Waals surface area (Å²) in [6.45, 7) is 0.967. The van der Waals surface area contributed by atoms with Gasteiger partial charge < -0.3 is 9.64 Å². The molecule has 2 aromatic rings. The van der Waals surface area contributed by atoms with Crippen molar-refractivity contribution in [1.29, 1.82) is 0 Å². The average molecular weight is 306 g/mol. The number of carbonyl (C=O) groups is 1. The molecule has 1 atom stereocenters. The summed E-state index contributed by atoms with van der Waals surface area (Å²) in [6.07, 6.45) is 2.09. The molecule has 1 heterocycles. The van der Waals surface area contributed by atoms with E-state index in [1.165, 1.54) is 5.56 Å². The molecule has 0 spiro atoms. The summed E-state index contributed by atoms with van der Waals surface area (Å²) in [6, 6.07) is 16.2. The number of hydrogen-bond acceptors (Lipinski definition) is 3. The van der Waals surface area contributed by atoms with Gasteiger partial charge in [-0.15, -0.1) is 0 Å². The lowest BCUT2D eigenvalue weighted by Crippen LogP contribution is -2.46. The molecular weight excluding hydrogens is 288 g/mol. The van der Waals surface area contributed by atoms with Crippen LogP contribution in [0.25, 0.3) is 6.08 Å². The van der Waals surface area contributed by atoms with Gasteiger partial charge >= 0.3 is 0 Å². The lowest BCUT2D eigenvalue weighted by molar-refractivity contribution is -0.130. The van der Waals surface area contributed by atoms with E-state index in [1.807, 2.05) is 35.2 Å². The van der Waals surface area contributed by atoms with Crippen LogP contribution < -0.4 is 10.1 Å². The monoisotopic (exact) mass is 306 g/mol. The highest BCUT2D eigenvalue weighted by molar-refractivity contribution is 5.85. The van der Waals surface area contributed by atoms with E-state index in [-0.39, 0.29) is 11.9 Å². The number of nitrogens with zero attached hydrogens (tertiary/aromatic N) is 1. The molecule has 2 aliphatic rings. The van der Waals surface area contributed by atoms with Crippen LogP contribution in [0.2, 0.25) is 0 Å². The van der Waals surface area contributed by atoms with Crippen molar-refractivity contribution in [2.24, 2.45) is 0 Å². The molecule has 4 rings (SSSR count). The Morgan fingerprint density at radius 2 is 2.04 bits per heavy atom. The Labute approximate surface area is 135 Å². The molecule has 1 saturated heterocycles. The largest absolute Gasteiger partial charge is 0.497 e. The highest BCUT2D eigenvalue weighted by atomic mass is 16.5. The Kier molecular flexibility index (Phi) is 3.39. The number of ether oxygens (including phenoxy) is 1. The Bertz CT molecular complexity index is 783. The van der Waals surface area contributed by atoms with E-state index in [9.17, 15) is 4.79 Å². The van der Waals surface area contributed by atoms with Gasteiger partial charge in [-0.05, 0) is 34.9 Å². The zero-order chi connectivity index (χ0) is 15.8. The van der Waals surface area contributed by atoms with Crippen molar-refractivity contribution in [3.05, 3.63) is 70.9 Å². The van der Waals surface area contributed by atoms with Crippen LogP contribution in [0.5, 0.6) is 5.75 Å². The quantitative estimate of drug-likeness (QED) is 0.948. The first-order chi connectivity index (χ1) is 11.3. The minimum absolute atomic E-state index is 0.0809. The minimum Gasteiger partial charge on any atom is -0.497 e. The normalized spacial score (nSPS) is 19.2. The van der Waals surface area contributed by atoms with E-state index in [0.29, 0.717) is 13.1 Å². The van der Waals surface area contributed by atoms with Crippen LogP contribution >= 0.6 is 0 Å². The molecule has 4 nitrogen and oxygen atoms in total. The van der Waals surface area contributed by atoms with Crippen LogP contribution in [0.4, 0.5) is 0 Å². The molecule has 1 amide bonds. The number of methoxy groups -OCH3 is 1. The summed E-state index contributed by atoms with van der Waals surface area (Å²) < 4.78 is 5.31. The third-order valence-electron chi connectivity index (χ3n) is 4.46. The predicted molar refractivity (Wildman–Crippen MR) is 88.7 cm³/mol. The maximum atomic E-state index is 12.4. The second-order valence-corrected chi connectivity index (χ2v) is 5.84. The third-order valence-corrected chi connectivity index (χ3v) is 4.46. The van der Waals surface area contributed by atoms with Crippen molar-refractivity contribution in [3.8, 4) is 5.75 Å². The molecule has 1 aliphatic carbocycles. The van der Waals surface area contributed by atoms with E-state index < -0.39 is 0 Å². The smallest absolute Gasteiger partial charge is 0.241 e. The fourth-order valence-electron chi connectivity index (χ4n) is 3.29. The first-order valence-electron chi connectivity index (χ1n) is 7.73. The number of amides is 1. The van der Waals surface area contributed by atoms with Gasteiger partial charge in [-0.3, -0.25) is 10.1 Å². The molecule has 1 aliphatic heterocycles. The number of nitrogens with one attached hydrogen (secondary N) is 1. The average Bonchev–Trinajstić information content (AvgIpc) is 2.96. The van der Waals surface area contributed by atoms with Crippen LogP contribution in [0.3, 0.4) is 0 Å². The first-order valence-corrected chi connectivity index (χ1v) is 7.73. The molecule has 0 radical (unpaired) electrons. The number of piperazine rings is 1. The summed E-state index contributed by atoms with van der Waals surface area (Å²) >= 11 is 0. The second kappa shape index (κ2) is 5.56. The topological polar surface area (TPSA) is 41.6 Å². The van der Waals surface area contributed by atoms with Crippen molar-refractivity contribution < 1.29 is 9.53 Å². The molecule has 23 heavy (non-hydrogen) atoms. The molecule has 4 heteroatoms. The predicted octanol–water partition coefficient (Wildman–Crippen LogP) is 2.72. The molecule has 0 saturated carbocycles. The maximum Gasteiger partial charge on any atom is 0.241 e. The second-order valence-electron chi connectivity index (χ2n) is 5.84. The SMILES string of the molecule is COc1ccc2c(c1)C=C1C2NCC(=O)N1Cc1ccccc1. The molecule has 0 bridgehead atoms. The van der Waals surface area contributed by atoms with Crippen molar-refractivity contribution >= 4 is 12.0 Å². The van der Waals surface area contributed by atoms with E-state index in [4.69, 9.17) is 4.74 Å². The Morgan fingerprint density at radius 3 is 2.83 bits per heavy atom. The lowest BCUT2D eigenvalue weighted by Gasteiger charge is -2.34. The minimum atomic E-state index is 0.0809. The zero-order valence-electron chi connectivity index (χ0n) is 13.0. The van der Waals surface area contributed by atoms with Gasteiger partial charge in [-0.25, -0.2) is 0 Å². The molecule has 1 N–H and O–H groups in total. The molecule has 0 aromatic heterocycles. The van der Waals surface area contributed by atoms with Crippen molar-refractivity contribution in [3.63, 3.8) is 0 Å². The Balaban J connectivity index is 1.69. The number of hydrogen-bond donors (Lipinski definition) is 1. The molecular formula is C19H18N2O2. The van der Waals surface area contributed by atoms with Gasteiger partial charge in [0, 0.05) is 5.70 Å². The van der Waals surface area contributed by atoms with E-state index >= 15 is 0 Å².